The summed E-state index contributed by atoms with van der Waals surface area (Å²) >= 11 is 0. The summed E-state index contributed by atoms with van der Waals surface area (Å²) in [5.74, 6) is 2.26. The van der Waals surface area contributed by atoms with Crippen LogP contribution < -0.4 is 10.9 Å². The lowest BCUT2D eigenvalue weighted by Gasteiger charge is -2.43. The van der Waals surface area contributed by atoms with E-state index in [0.717, 1.165) is 43.1 Å². The van der Waals surface area contributed by atoms with Gasteiger partial charge in [-0.25, -0.2) is 9.97 Å². The van der Waals surface area contributed by atoms with E-state index in [0.29, 0.717) is 23.7 Å². The van der Waals surface area contributed by atoms with Crippen LogP contribution in [0.1, 0.15) is 37.6 Å². The van der Waals surface area contributed by atoms with E-state index in [1.54, 1.807) is 6.07 Å². The number of hydrogen-bond acceptors (Lipinski definition) is 5. The van der Waals surface area contributed by atoms with Gasteiger partial charge in [0.1, 0.15) is 0 Å². The second-order valence-corrected chi connectivity index (χ2v) is 8.50. The largest absolute Gasteiger partial charge is 0.357 e. The fraction of sp³-hybridized carbons (Fsp3) is 0.571. The summed E-state index contributed by atoms with van der Waals surface area (Å²) in [5.41, 5.74) is 3.86. The van der Waals surface area contributed by atoms with E-state index in [-0.39, 0.29) is 5.56 Å². The predicted molar refractivity (Wildman–Crippen MR) is 108 cm³/mol. The minimum absolute atomic E-state index is 0.0942. The van der Waals surface area contributed by atoms with Gasteiger partial charge in [-0.15, -0.1) is 0 Å². The highest BCUT2D eigenvalue weighted by molar-refractivity contribution is 5.61. The van der Waals surface area contributed by atoms with E-state index in [2.05, 4.69) is 40.1 Å². The first-order chi connectivity index (χ1) is 12.9. The zero-order valence-corrected chi connectivity index (χ0v) is 16.7. The van der Waals surface area contributed by atoms with Crippen LogP contribution in [0.4, 0.5) is 5.95 Å². The molecule has 2 aromatic rings. The van der Waals surface area contributed by atoms with Gasteiger partial charge >= 0.3 is 0 Å². The van der Waals surface area contributed by atoms with Crippen molar-refractivity contribution in [1.29, 1.82) is 0 Å². The molecular formula is C21H29N5O. The Balaban J connectivity index is 1.73. The lowest BCUT2D eigenvalue weighted by atomic mass is 9.82. The first-order valence-corrected chi connectivity index (χ1v) is 9.94. The summed E-state index contributed by atoms with van der Waals surface area (Å²) in [6, 6.07) is 5.87. The van der Waals surface area contributed by atoms with Gasteiger partial charge in [-0.2, -0.15) is 0 Å². The molecule has 1 saturated heterocycles. The molecule has 0 saturated carbocycles. The third-order valence-corrected chi connectivity index (χ3v) is 5.63. The molecule has 6 nitrogen and oxygen atoms in total. The van der Waals surface area contributed by atoms with E-state index in [9.17, 15) is 4.79 Å². The maximum atomic E-state index is 12.9. The molecule has 0 amide bonds. The highest BCUT2D eigenvalue weighted by atomic mass is 16.1. The average Bonchev–Trinajstić information content (AvgIpc) is 2.61. The second kappa shape index (κ2) is 7.08. The van der Waals surface area contributed by atoms with E-state index < -0.39 is 0 Å². The lowest BCUT2D eigenvalue weighted by molar-refractivity contribution is 0.109. The molecule has 2 aliphatic heterocycles. The van der Waals surface area contributed by atoms with Crippen LogP contribution in [0.3, 0.4) is 0 Å². The first-order valence-electron chi connectivity index (χ1n) is 9.94. The average molecular weight is 367 g/mol. The van der Waals surface area contributed by atoms with Crippen LogP contribution in [0, 0.1) is 18.8 Å². The molecule has 6 heteroatoms. The van der Waals surface area contributed by atoms with E-state index in [4.69, 9.17) is 0 Å². The van der Waals surface area contributed by atoms with Crippen molar-refractivity contribution in [2.24, 2.45) is 11.8 Å². The molecule has 27 heavy (non-hydrogen) atoms. The molecule has 0 aromatic carbocycles. The fourth-order valence-corrected chi connectivity index (χ4v) is 4.70. The highest BCUT2D eigenvalue weighted by Crippen LogP contribution is 2.36. The summed E-state index contributed by atoms with van der Waals surface area (Å²) in [4.78, 5) is 24.4. The monoisotopic (exact) mass is 367 g/mol. The number of nitrogens with zero attached hydrogens (tertiary/aromatic N) is 4. The zero-order chi connectivity index (χ0) is 19.1. The van der Waals surface area contributed by atoms with Gasteiger partial charge in [0, 0.05) is 62.2 Å². The van der Waals surface area contributed by atoms with Crippen LogP contribution in [-0.4, -0.2) is 46.1 Å². The minimum Gasteiger partial charge on any atom is -0.357 e. The molecule has 144 valence electrons. The topological polar surface area (TPSA) is 63.1 Å². The number of nitrogens with one attached hydrogen (secondary N) is 1. The summed E-state index contributed by atoms with van der Waals surface area (Å²) in [5, 5.41) is 3.00. The first kappa shape index (κ1) is 18.2. The van der Waals surface area contributed by atoms with Crippen molar-refractivity contribution in [2.45, 2.75) is 39.7 Å². The molecule has 0 aliphatic carbocycles. The molecule has 4 rings (SSSR count). The van der Waals surface area contributed by atoms with E-state index in [1.165, 1.54) is 12.1 Å². The Labute approximate surface area is 160 Å². The Bertz CT molecular complexity index is 904. The number of aromatic nitrogens is 3. The van der Waals surface area contributed by atoms with Crippen LogP contribution in [-0.2, 0) is 6.54 Å². The number of pyridine rings is 1. The summed E-state index contributed by atoms with van der Waals surface area (Å²) < 4.78 is 2.00. The molecule has 2 aromatic heterocycles. The Kier molecular flexibility index (Phi) is 4.76. The van der Waals surface area contributed by atoms with E-state index in [1.807, 2.05) is 24.6 Å². The molecule has 2 aliphatic rings. The van der Waals surface area contributed by atoms with Crippen molar-refractivity contribution in [2.75, 3.05) is 32.0 Å². The van der Waals surface area contributed by atoms with Gasteiger partial charge in [0.2, 0.25) is 5.95 Å². The van der Waals surface area contributed by atoms with Gasteiger partial charge in [0.15, 0.2) is 0 Å². The maximum absolute atomic E-state index is 12.9. The van der Waals surface area contributed by atoms with Crippen molar-refractivity contribution >= 4 is 5.95 Å². The molecule has 4 heterocycles. The standard InChI is InChI=1S/C21H29N5O/c1-13(2)9-25-10-15-6-17(12-25)19-7-16(8-20(27)26(19)11-15)18-5-14(3)23-21(22-4)24-18/h5,7-8,13,15,17H,6,9-12H2,1-4H3,(H,22,23,24)/t15-,17+/m0/s1. The molecule has 0 unspecified atom stereocenters. The molecule has 1 fully saturated rings. The van der Waals surface area contributed by atoms with Gasteiger partial charge in [-0.05, 0) is 37.3 Å². The summed E-state index contributed by atoms with van der Waals surface area (Å²) in [6.07, 6.45) is 1.18. The molecular weight excluding hydrogens is 338 g/mol. The van der Waals surface area contributed by atoms with Crippen LogP contribution >= 0.6 is 0 Å². The predicted octanol–water partition coefficient (Wildman–Crippen LogP) is 2.73. The fourth-order valence-electron chi connectivity index (χ4n) is 4.70. The van der Waals surface area contributed by atoms with Crippen molar-refractivity contribution in [1.82, 2.24) is 19.4 Å². The quantitative estimate of drug-likeness (QED) is 0.900. The second-order valence-electron chi connectivity index (χ2n) is 8.50. The third-order valence-electron chi connectivity index (χ3n) is 5.63. The van der Waals surface area contributed by atoms with Crippen LogP contribution in [0.15, 0.2) is 23.0 Å². The van der Waals surface area contributed by atoms with E-state index >= 15 is 0 Å². The van der Waals surface area contributed by atoms with Gasteiger partial charge in [-0.3, -0.25) is 4.79 Å². The zero-order valence-electron chi connectivity index (χ0n) is 16.7. The maximum Gasteiger partial charge on any atom is 0.251 e. The number of fused-ring (bicyclic) bond motifs is 4. The van der Waals surface area contributed by atoms with Crippen molar-refractivity contribution in [3.05, 3.63) is 39.9 Å². The lowest BCUT2D eigenvalue weighted by Crippen LogP contribution is -2.48. The SMILES string of the molecule is CNc1nc(C)cc(-c2cc3n(c(=O)c2)C[C@H]2C[C@@H]3CN(CC(C)C)C2)n1. The normalized spacial score (nSPS) is 22.0. The Hall–Kier alpha value is -2.21. The Morgan fingerprint density at radius 2 is 2.00 bits per heavy atom. The van der Waals surface area contributed by atoms with Crippen molar-refractivity contribution in [3.8, 4) is 11.3 Å². The van der Waals surface area contributed by atoms with Gasteiger partial charge < -0.3 is 14.8 Å². The van der Waals surface area contributed by atoms with Gasteiger partial charge in [-0.1, -0.05) is 13.8 Å². The molecule has 2 bridgehead atoms. The number of anilines is 1. The minimum atomic E-state index is 0.0942. The smallest absolute Gasteiger partial charge is 0.251 e. The number of hydrogen-bond donors (Lipinski definition) is 1. The van der Waals surface area contributed by atoms with Crippen LogP contribution in [0.25, 0.3) is 11.3 Å². The third kappa shape index (κ3) is 3.63. The molecule has 0 spiro atoms. The summed E-state index contributed by atoms with van der Waals surface area (Å²) in [6.45, 7) is 10.6. The van der Waals surface area contributed by atoms with Gasteiger partial charge in [0.25, 0.3) is 5.56 Å². The Morgan fingerprint density at radius 1 is 1.19 bits per heavy atom. The molecule has 0 radical (unpaired) electrons. The van der Waals surface area contributed by atoms with Crippen LogP contribution in [0.2, 0.25) is 0 Å². The summed E-state index contributed by atoms with van der Waals surface area (Å²) in [7, 11) is 1.81. The number of piperidine rings is 1. The van der Waals surface area contributed by atoms with Gasteiger partial charge in [0.05, 0.1) is 5.69 Å². The van der Waals surface area contributed by atoms with Crippen LogP contribution in [0.5, 0.6) is 0 Å². The molecule has 1 N–H and O–H groups in total. The van der Waals surface area contributed by atoms with Crippen molar-refractivity contribution in [3.63, 3.8) is 0 Å². The number of rotatable bonds is 4. The molecule has 2 atom stereocenters. The number of aryl methyl sites for hydroxylation is 1. The van der Waals surface area contributed by atoms with Crippen molar-refractivity contribution < 1.29 is 0 Å². The Morgan fingerprint density at radius 3 is 2.74 bits per heavy atom. The highest BCUT2D eigenvalue weighted by Gasteiger charge is 2.35. The number of likely N-dealkylation sites (tertiary alicyclic amines) is 1.